The summed E-state index contributed by atoms with van der Waals surface area (Å²) in [6.45, 7) is 5.22. The number of aliphatic hydroxyl groups excluding tert-OH is 1. The normalized spacial score (nSPS) is 12.7. The van der Waals surface area contributed by atoms with Crippen LogP contribution in [0.3, 0.4) is 0 Å². The molecule has 0 spiro atoms. The molecule has 1 rings (SSSR count). The van der Waals surface area contributed by atoms with Gasteiger partial charge < -0.3 is 10.4 Å². The summed E-state index contributed by atoms with van der Waals surface area (Å²) in [5, 5.41) is 12.3. The number of nitrogens with one attached hydrogen (secondary N) is 1. The number of aliphatic hydroxyl groups is 1. The van der Waals surface area contributed by atoms with E-state index in [2.05, 4.69) is 30.2 Å². The predicted molar refractivity (Wildman–Crippen MR) is 61.6 cm³/mol. The summed E-state index contributed by atoms with van der Waals surface area (Å²) in [5.41, 5.74) is 2.30. The first-order valence-electron chi connectivity index (χ1n) is 5.52. The summed E-state index contributed by atoms with van der Waals surface area (Å²) in [6.07, 6.45) is 3.66. The van der Waals surface area contributed by atoms with E-state index in [0.717, 1.165) is 25.1 Å². The van der Waals surface area contributed by atoms with Gasteiger partial charge in [-0.1, -0.05) is 13.0 Å². The Morgan fingerprint density at radius 1 is 1.53 bits per heavy atom. The van der Waals surface area contributed by atoms with Gasteiger partial charge in [0.05, 0.1) is 5.69 Å². The fraction of sp³-hybridized carbons (Fsp3) is 0.583. The Morgan fingerprint density at radius 3 is 2.93 bits per heavy atom. The lowest BCUT2D eigenvalue weighted by molar-refractivity contribution is 0.261. The average Bonchev–Trinajstić information content (AvgIpc) is 2.26. The maximum absolute atomic E-state index is 8.86. The van der Waals surface area contributed by atoms with Crippen molar-refractivity contribution in [1.82, 2.24) is 10.3 Å². The lowest BCUT2D eigenvalue weighted by atomic mass is 10.1. The number of pyridine rings is 1. The van der Waals surface area contributed by atoms with Gasteiger partial charge in [-0.05, 0) is 31.4 Å². The lowest BCUT2D eigenvalue weighted by Gasteiger charge is -2.15. The zero-order valence-corrected chi connectivity index (χ0v) is 9.53. The Balaban J connectivity index is 2.45. The summed E-state index contributed by atoms with van der Waals surface area (Å²) >= 11 is 0. The highest BCUT2D eigenvalue weighted by atomic mass is 16.3. The van der Waals surface area contributed by atoms with Crippen LogP contribution in [0.25, 0.3) is 0 Å². The number of rotatable bonds is 6. The van der Waals surface area contributed by atoms with Crippen LogP contribution in [0.5, 0.6) is 0 Å². The molecule has 0 radical (unpaired) electrons. The molecule has 3 heteroatoms. The third kappa shape index (κ3) is 3.98. The third-order valence-corrected chi connectivity index (χ3v) is 2.65. The first-order valence-corrected chi connectivity index (χ1v) is 5.52. The molecule has 1 heterocycles. The number of aryl methyl sites for hydroxylation is 1. The van der Waals surface area contributed by atoms with Gasteiger partial charge >= 0.3 is 0 Å². The van der Waals surface area contributed by atoms with Crippen molar-refractivity contribution in [1.29, 1.82) is 0 Å². The Hall–Kier alpha value is -0.930. The SMILES string of the molecule is CCC(CCO)NCc1ncccc1C. The monoisotopic (exact) mass is 208 g/mol. The summed E-state index contributed by atoms with van der Waals surface area (Å²) in [5.74, 6) is 0. The number of aromatic nitrogens is 1. The van der Waals surface area contributed by atoms with E-state index in [0.29, 0.717) is 6.04 Å². The first-order chi connectivity index (χ1) is 7.27. The van der Waals surface area contributed by atoms with Crippen molar-refractivity contribution in [2.45, 2.75) is 39.3 Å². The zero-order chi connectivity index (χ0) is 11.1. The maximum atomic E-state index is 8.86. The van der Waals surface area contributed by atoms with Gasteiger partial charge in [0.25, 0.3) is 0 Å². The van der Waals surface area contributed by atoms with Crippen LogP contribution >= 0.6 is 0 Å². The molecule has 1 aromatic heterocycles. The second-order valence-corrected chi connectivity index (χ2v) is 3.77. The molecule has 1 unspecified atom stereocenters. The van der Waals surface area contributed by atoms with Crippen LogP contribution in [0.4, 0.5) is 0 Å². The summed E-state index contributed by atoms with van der Waals surface area (Å²) in [4.78, 5) is 4.32. The van der Waals surface area contributed by atoms with Gasteiger partial charge in [0.15, 0.2) is 0 Å². The molecule has 0 amide bonds. The molecular formula is C12H20N2O. The fourth-order valence-corrected chi connectivity index (χ4v) is 1.55. The van der Waals surface area contributed by atoms with Crippen LogP contribution in [0.15, 0.2) is 18.3 Å². The molecule has 0 aliphatic heterocycles. The topological polar surface area (TPSA) is 45.1 Å². The Bertz CT molecular complexity index is 289. The van der Waals surface area contributed by atoms with Crippen LogP contribution in [0.1, 0.15) is 31.0 Å². The van der Waals surface area contributed by atoms with Crippen molar-refractivity contribution in [2.24, 2.45) is 0 Å². The summed E-state index contributed by atoms with van der Waals surface area (Å²) in [7, 11) is 0. The molecule has 0 aliphatic carbocycles. The Kier molecular flexibility index (Phi) is 5.29. The average molecular weight is 208 g/mol. The Morgan fingerprint density at radius 2 is 2.33 bits per heavy atom. The van der Waals surface area contributed by atoms with E-state index in [9.17, 15) is 0 Å². The minimum absolute atomic E-state index is 0.243. The third-order valence-electron chi connectivity index (χ3n) is 2.65. The highest BCUT2D eigenvalue weighted by molar-refractivity contribution is 5.17. The van der Waals surface area contributed by atoms with E-state index < -0.39 is 0 Å². The number of hydrogen-bond donors (Lipinski definition) is 2. The fourth-order valence-electron chi connectivity index (χ4n) is 1.55. The van der Waals surface area contributed by atoms with Gasteiger partial charge in [-0.25, -0.2) is 0 Å². The summed E-state index contributed by atoms with van der Waals surface area (Å²) in [6, 6.07) is 4.40. The minimum Gasteiger partial charge on any atom is -0.396 e. The van der Waals surface area contributed by atoms with Crippen molar-refractivity contribution < 1.29 is 5.11 Å². The number of hydrogen-bond acceptors (Lipinski definition) is 3. The van der Waals surface area contributed by atoms with E-state index in [1.807, 2.05) is 12.3 Å². The molecule has 2 N–H and O–H groups in total. The van der Waals surface area contributed by atoms with E-state index in [-0.39, 0.29) is 6.61 Å². The quantitative estimate of drug-likeness (QED) is 0.747. The molecule has 15 heavy (non-hydrogen) atoms. The maximum Gasteiger partial charge on any atom is 0.0570 e. The molecule has 0 fully saturated rings. The summed E-state index contributed by atoms with van der Waals surface area (Å²) < 4.78 is 0. The minimum atomic E-state index is 0.243. The molecule has 3 nitrogen and oxygen atoms in total. The Labute approximate surface area is 91.5 Å². The second-order valence-electron chi connectivity index (χ2n) is 3.77. The highest BCUT2D eigenvalue weighted by Gasteiger charge is 2.05. The van der Waals surface area contributed by atoms with Crippen LogP contribution in [-0.2, 0) is 6.54 Å². The van der Waals surface area contributed by atoms with Gasteiger partial charge in [-0.3, -0.25) is 4.98 Å². The van der Waals surface area contributed by atoms with Crippen LogP contribution in [0, 0.1) is 6.92 Å². The molecule has 0 saturated heterocycles. The van der Waals surface area contributed by atoms with Crippen LogP contribution in [-0.4, -0.2) is 22.7 Å². The zero-order valence-electron chi connectivity index (χ0n) is 9.53. The van der Waals surface area contributed by atoms with Crippen molar-refractivity contribution in [2.75, 3.05) is 6.61 Å². The molecule has 0 saturated carbocycles. The van der Waals surface area contributed by atoms with Crippen molar-refractivity contribution in [3.63, 3.8) is 0 Å². The molecule has 0 aromatic carbocycles. The lowest BCUT2D eigenvalue weighted by Crippen LogP contribution is -2.29. The standard InChI is InChI=1S/C12H20N2O/c1-3-11(6-8-15)14-9-12-10(2)5-4-7-13-12/h4-5,7,11,14-15H,3,6,8-9H2,1-2H3. The number of nitrogens with zero attached hydrogens (tertiary/aromatic N) is 1. The van der Waals surface area contributed by atoms with Crippen molar-refractivity contribution >= 4 is 0 Å². The highest BCUT2D eigenvalue weighted by Crippen LogP contribution is 2.04. The van der Waals surface area contributed by atoms with E-state index >= 15 is 0 Å². The van der Waals surface area contributed by atoms with E-state index in [4.69, 9.17) is 5.11 Å². The second kappa shape index (κ2) is 6.53. The van der Waals surface area contributed by atoms with Gasteiger partial charge in [0, 0.05) is 25.4 Å². The molecule has 84 valence electrons. The largest absolute Gasteiger partial charge is 0.396 e. The van der Waals surface area contributed by atoms with E-state index in [1.165, 1.54) is 5.56 Å². The van der Waals surface area contributed by atoms with Gasteiger partial charge in [-0.2, -0.15) is 0 Å². The molecular weight excluding hydrogens is 188 g/mol. The van der Waals surface area contributed by atoms with Gasteiger partial charge in [0.1, 0.15) is 0 Å². The van der Waals surface area contributed by atoms with E-state index in [1.54, 1.807) is 0 Å². The molecule has 1 atom stereocenters. The van der Waals surface area contributed by atoms with Crippen LogP contribution in [0.2, 0.25) is 0 Å². The van der Waals surface area contributed by atoms with Gasteiger partial charge in [-0.15, -0.1) is 0 Å². The van der Waals surface area contributed by atoms with Crippen molar-refractivity contribution in [3.8, 4) is 0 Å². The molecule has 1 aromatic rings. The predicted octanol–water partition coefficient (Wildman–Crippen LogP) is 1.64. The molecule has 0 bridgehead atoms. The van der Waals surface area contributed by atoms with Gasteiger partial charge in [0.2, 0.25) is 0 Å². The van der Waals surface area contributed by atoms with Crippen LogP contribution < -0.4 is 5.32 Å². The molecule has 0 aliphatic rings. The first kappa shape index (κ1) is 12.1. The smallest absolute Gasteiger partial charge is 0.0570 e. The van der Waals surface area contributed by atoms with Crippen molar-refractivity contribution in [3.05, 3.63) is 29.6 Å².